The van der Waals surface area contributed by atoms with Gasteiger partial charge in [0.1, 0.15) is 0 Å². The minimum atomic E-state index is -3.60. The molecule has 0 saturated heterocycles. The van der Waals surface area contributed by atoms with Gasteiger partial charge in [-0.2, -0.15) is 0 Å². The molecule has 0 bridgehead atoms. The van der Waals surface area contributed by atoms with Crippen LogP contribution >= 0.6 is 0 Å². The summed E-state index contributed by atoms with van der Waals surface area (Å²) in [5, 5.41) is 0. The van der Waals surface area contributed by atoms with E-state index in [0.29, 0.717) is 10.6 Å². The zero-order valence-electron chi connectivity index (χ0n) is 12.7. The topological polar surface area (TPSA) is 66.1 Å². The minimum Gasteiger partial charge on any atom is -0.345 e. The quantitative estimate of drug-likeness (QED) is 0.808. The molecular formula is C16H17N3O2S. The van der Waals surface area contributed by atoms with Gasteiger partial charge in [-0.05, 0) is 49.2 Å². The number of imidazole rings is 1. The van der Waals surface area contributed by atoms with Crippen LogP contribution in [-0.2, 0) is 10.0 Å². The first-order chi connectivity index (χ1) is 10.4. The normalized spacial score (nSPS) is 11.8. The molecule has 6 heteroatoms. The molecule has 0 aliphatic carbocycles. The van der Waals surface area contributed by atoms with Crippen LogP contribution in [0, 0.1) is 13.8 Å². The molecule has 0 atom stereocenters. The van der Waals surface area contributed by atoms with Crippen LogP contribution in [0.4, 0.5) is 5.69 Å². The van der Waals surface area contributed by atoms with Gasteiger partial charge in [0.2, 0.25) is 0 Å². The van der Waals surface area contributed by atoms with Crippen molar-refractivity contribution in [2.45, 2.75) is 18.7 Å². The molecule has 3 aromatic rings. The Morgan fingerprint density at radius 1 is 1.09 bits per heavy atom. The summed E-state index contributed by atoms with van der Waals surface area (Å²) in [5.41, 5.74) is 3.86. The summed E-state index contributed by atoms with van der Waals surface area (Å²) >= 11 is 0. The van der Waals surface area contributed by atoms with Gasteiger partial charge in [-0.3, -0.25) is 4.31 Å². The molecule has 1 aromatic heterocycles. The number of aromatic nitrogens is 2. The molecular weight excluding hydrogens is 298 g/mol. The number of rotatable bonds is 3. The number of hydrogen-bond acceptors (Lipinski definition) is 3. The first kappa shape index (κ1) is 14.6. The SMILES string of the molecule is Cc1ccc(C)c(S(=O)(=O)N(C)c2ccc3nc[nH]c3c2)c1. The zero-order chi connectivity index (χ0) is 15.9. The van der Waals surface area contributed by atoms with Gasteiger partial charge in [-0.15, -0.1) is 0 Å². The van der Waals surface area contributed by atoms with Gasteiger partial charge < -0.3 is 4.98 Å². The van der Waals surface area contributed by atoms with Crippen LogP contribution < -0.4 is 4.31 Å². The Bertz CT molecular complexity index is 945. The average molecular weight is 315 g/mol. The average Bonchev–Trinajstić information content (AvgIpc) is 2.96. The van der Waals surface area contributed by atoms with E-state index in [2.05, 4.69) is 9.97 Å². The molecule has 0 radical (unpaired) electrons. The lowest BCUT2D eigenvalue weighted by molar-refractivity contribution is 0.593. The van der Waals surface area contributed by atoms with Crippen LogP contribution in [0.3, 0.4) is 0 Å². The van der Waals surface area contributed by atoms with E-state index in [0.717, 1.165) is 22.2 Å². The highest BCUT2D eigenvalue weighted by Gasteiger charge is 2.23. The van der Waals surface area contributed by atoms with Crippen molar-refractivity contribution in [1.82, 2.24) is 9.97 Å². The van der Waals surface area contributed by atoms with Crippen molar-refractivity contribution >= 4 is 26.7 Å². The molecule has 2 aromatic carbocycles. The highest BCUT2D eigenvalue weighted by Crippen LogP contribution is 2.26. The van der Waals surface area contributed by atoms with Gasteiger partial charge in [0, 0.05) is 7.05 Å². The number of nitrogens with one attached hydrogen (secondary N) is 1. The molecule has 0 aliphatic heterocycles. The van der Waals surface area contributed by atoms with Gasteiger partial charge in [-0.25, -0.2) is 13.4 Å². The molecule has 0 aliphatic rings. The second-order valence-corrected chi connectivity index (χ2v) is 7.28. The van der Waals surface area contributed by atoms with Crippen molar-refractivity contribution in [2.24, 2.45) is 0 Å². The number of aryl methyl sites for hydroxylation is 2. The monoisotopic (exact) mass is 315 g/mol. The molecule has 114 valence electrons. The molecule has 1 heterocycles. The first-order valence-corrected chi connectivity index (χ1v) is 8.33. The van der Waals surface area contributed by atoms with E-state index >= 15 is 0 Å². The summed E-state index contributed by atoms with van der Waals surface area (Å²) in [6.45, 7) is 3.69. The number of anilines is 1. The van der Waals surface area contributed by atoms with Crippen molar-refractivity contribution in [3.8, 4) is 0 Å². The van der Waals surface area contributed by atoms with Crippen LogP contribution in [0.15, 0.2) is 47.6 Å². The summed E-state index contributed by atoms with van der Waals surface area (Å²) in [6, 6.07) is 10.8. The lowest BCUT2D eigenvalue weighted by atomic mass is 10.2. The summed E-state index contributed by atoms with van der Waals surface area (Å²) in [4.78, 5) is 7.47. The molecule has 5 nitrogen and oxygen atoms in total. The number of fused-ring (bicyclic) bond motifs is 1. The van der Waals surface area contributed by atoms with Crippen molar-refractivity contribution in [3.63, 3.8) is 0 Å². The van der Waals surface area contributed by atoms with Gasteiger partial charge in [0.15, 0.2) is 0 Å². The van der Waals surface area contributed by atoms with E-state index in [1.807, 2.05) is 19.1 Å². The standard InChI is InChI=1S/C16H17N3O2S/c1-11-4-5-12(2)16(8-11)22(20,21)19(3)13-6-7-14-15(9-13)18-10-17-14/h4-10H,1-3H3,(H,17,18). The Balaban J connectivity index is 2.09. The van der Waals surface area contributed by atoms with E-state index < -0.39 is 10.0 Å². The predicted molar refractivity (Wildman–Crippen MR) is 87.6 cm³/mol. The van der Waals surface area contributed by atoms with Gasteiger partial charge >= 0.3 is 0 Å². The Morgan fingerprint density at radius 2 is 1.86 bits per heavy atom. The number of nitrogens with zero attached hydrogens (tertiary/aromatic N) is 2. The Morgan fingerprint density at radius 3 is 2.64 bits per heavy atom. The fourth-order valence-corrected chi connectivity index (χ4v) is 3.89. The molecule has 3 rings (SSSR count). The highest BCUT2D eigenvalue weighted by molar-refractivity contribution is 7.92. The Hall–Kier alpha value is -2.34. The largest absolute Gasteiger partial charge is 0.345 e. The molecule has 0 spiro atoms. The Kier molecular flexibility index (Phi) is 3.41. The molecule has 0 saturated carbocycles. The van der Waals surface area contributed by atoms with E-state index in [4.69, 9.17) is 0 Å². The number of benzene rings is 2. The lowest BCUT2D eigenvalue weighted by Gasteiger charge is -2.21. The number of sulfonamides is 1. The maximum Gasteiger partial charge on any atom is 0.264 e. The van der Waals surface area contributed by atoms with E-state index in [9.17, 15) is 8.42 Å². The minimum absolute atomic E-state index is 0.333. The number of H-pyrrole nitrogens is 1. The van der Waals surface area contributed by atoms with Gasteiger partial charge in [0.05, 0.1) is 27.9 Å². The number of aromatic amines is 1. The van der Waals surface area contributed by atoms with E-state index in [1.165, 1.54) is 4.31 Å². The molecule has 22 heavy (non-hydrogen) atoms. The van der Waals surface area contributed by atoms with Gasteiger partial charge in [0.25, 0.3) is 10.0 Å². The summed E-state index contributed by atoms with van der Waals surface area (Å²) < 4.78 is 27.1. The van der Waals surface area contributed by atoms with E-state index in [-0.39, 0.29) is 0 Å². The van der Waals surface area contributed by atoms with Crippen LogP contribution in [0.25, 0.3) is 11.0 Å². The fraction of sp³-hybridized carbons (Fsp3) is 0.188. The summed E-state index contributed by atoms with van der Waals surface area (Å²) in [6.07, 6.45) is 1.59. The lowest BCUT2D eigenvalue weighted by Crippen LogP contribution is -2.27. The van der Waals surface area contributed by atoms with Crippen molar-refractivity contribution < 1.29 is 8.42 Å². The maximum atomic E-state index is 12.9. The molecule has 0 unspecified atom stereocenters. The fourth-order valence-electron chi connectivity index (χ4n) is 2.39. The smallest absolute Gasteiger partial charge is 0.264 e. The van der Waals surface area contributed by atoms with Crippen LogP contribution in [0.2, 0.25) is 0 Å². The van der Waals surface area contributed by atoms with E-state index in [1.54, 1.807) is 44.6 Å². The van der Waals surface area contributed by atoms with Crippen molar-refractivity contribution in [2.75, 3.05) is 11.4 Å². The number of hydrogen-bond donors (Lipinski definition) is 1. The first-order valence-electron chi connectivity index (χ1n) is 6.89. The summed E-state index contributed by atoms with van der Waals surface area (Å²) in [7, 11) is -2.03. The molecule has 0 fully saturated rings. The van der Waals surface area contributed by atoms with Gasteiger partial charge in [-0.1, -0.05) is 12.1 Å². The molecule has 1 N–H and O–H groups in total. The van der Waals surface area contributed by atoms with Crippen molar-refractivity contribution in [3.05, 3.63) is 53.9 Å². The molecule has 0 amide bonds. The third kappa shape index (κ3) is 2.35. The second-order valence-electron chi connectivity index (χ2n) is 5.35. The van der Waals surface area contributed by atoms with Crippen LogP contribution in [0.1, 0.15) is 11.1 Å². The van der Waals surface area contributed by atoms with Crippen molar-refractivity contribution in [1.29, 1.82) is 0 Å². The summed E-state index contributed by atoms with van der Waals surface area (Å²) in [5.74, 6) is 0. The van der Waals surface area contributed by atoms with Crippen LogP contribution in [-0.4, -0.2) is 25.4 Å². The highest BCUT2D eigenvalue weighted by atomic mass is 32.2. The third-order valence-corrected chi connectivity index (χ3v) is 5.68. The van der Waals surface area contributed by atoms with Crippen LogP contribution in [0.5, 0.6) is 0 Å². The third-order valence-electron chi connectivity index (χ3n) is 3.75. The second kappa shape index (κ2) is 5.14. The predicted octanol–water partition coefficient (Wildman–Crippen LogP) is 3.00. The Labute approximate surface area is 129 Å². The zero-order valence-corrected chi connectivity index (χ0v) is 13.5. The maximum absolute atomic E-state index is 12.9.